The quantitative estimate of drug-likeness (QED) is 0.605. The molecule has 0 unspecified atom stereocenters. The van der Waals surface area contributed by atoms with E-state index in [9.17, 15) is 4.39 Å². The fourth-order valence-corrected chi connectivity index (χ4v) is 0.757. The maximum Gasteiger partial charge on any atom is 0.123 e. The van der Waals surface area contributed by atoms with Crippen molar-refractivity contribution in [3.05, 3.63) is 35.6 Å². The zero-order valence-electron chi connectivity index (χ0n) is 9.39. The van der Waals surface area contributed by atoms with E-state index < -0.39 is 0 Å². The normalized spacial score (nSPS) is 7.54. The molecule has 0 nitrogen and oxygen atoms in total. The maximum atomic E-state index is 12.4. The number of halogens is 1. The van der Waals surface area contributed by atoms with Crippen LogP contribution in [-0.4, -0.2) is 0 Å². The Balaban J connectivity index is 0. The van der Waals surface area contributed by atoms with Crippen LogP contribution in [0.1, 0.15) is 40.2 Å². The second-order valence-corrected chi connectivity index (χ2v) is 1.98. The SMILES string of the molecule is CC.CC.CCc1cccc(F)c1. The Hall–Kier alpha value is -0.850. The molecule has 76 valence electrons. The second kappa shape index (κ2) is 11.2. The van der Waals surface area contributed by atoms with Crippen LogP contribution in [0.15, 0.2) is 24.3 Å². The summed E-state index contributed by atoms with van der Waals surface area (Å²) in [5, 5.41) is 0. The van der Waals surface area contributed by atoms with Crippen LogP contribution in [-0.2, 0) is 6.42 Å². The van der Waals surface area contributed by atoms with Gasteiger partial charge in [-0.15, -0.1) is 0 Å². The molecule has 13 heavy (non-hydrogen) atoms. The van der Waals surface area contributed by atoms with Crippen LogP contribution in [0, 0.1) is 5.82 Å². The average Bonchev–Trinajstić information content (AvgIpc) is 2.24. The lowest BCUT2D eigenvalue weighted by atomic mass is 10.2. The summed E-state index contributed by atoms with van der Waals surface area (Å²) in [6.07, 6.45) is 0.901. The van der Waals surface area contributed by atoms with Crippen molar-refractivity contribution in [1.29, 1.82) is 0 Å². The first-order chi connectivity index (χ1) is 6.33. The highest BCUT2D eigenvalue weighted by Crippen LogP contribution is 2.02. The first-order valence-corrected chi connectivity index (χ1v) is 5.07. The monoisotopic (exact) mass is 184 g/mol. The van der Waals surface area contributed by atoms with Crippen LogP contribution in [0.25, 0.3) is 0 Å². The van der Waals surface area contributed by atoms with E-state index >= 15 is 0 Å². The van der Waals surface area contributed by atoms with Crippen LogP contribution in [0.5, 0.6) is 0 Å². The summed E-state index contributed by atoms with van der Waals surface area (Å²) in [6, 6.07) is 6.66. The largest absolute Gasteiger partial charge is 0.207 e. The van der Waals surface area contributed by atoms with Crippen molar-refractivity contribution in [3.8, 4) is 0 Å². The summed E-state index contributed by atoms with van der Waals surface area (Å²) < 4.78 is 12.4. The molecule has 0 aromatic heterocycles. The van der Waals surface area contributed by atoms with Gasteiger partial charge < -0.3 is 0 Å². The zero-order valence-corrected chi connectivity index (χ0v) is 9.39. The smallest absolute Gasteiger partial charge is 0.123 e. The van der Waals surface area contributed by atoms with E-state index in [1.54, 1.807) is 12.1 Å². The molecule has 0 radical (unpaired) electrons. The van der Waals surface area contributed by atoms with Crippen LogP contribution in [0.4, 0.5) is 4.39 Å². The third-order valence-corrected chi connectivity index (χ3v) is 1.30. The Morgan fingerprint density at radius 3 is 1.92 bits per heavy atom. The summed E-state index contributed by atoms with van der Waals surface area (Å²) in [4.78, 5) is 0. The lowest BCUT2D eigenvalue weighted by Crippen LogP contribution is -1.79. The number of rotatable bonds is 1. The molecule has 0 aliphatic carbocycles. The van der Waals surface area contributed by atoms with Crippen LogP contribution in [0.3, 0.4) is 0 Å². The molecule has 1 heteroatoms. The molecule has 0 atom stereocenters. The molecule has 0 saturated carbocycles. The Morgan fingerprint density at radius 1 is 1.08 bits per heavy atom. The molecular weight excluding hydrogens is 163 g/mol. The molecule has 0 aliphatic rings. The molecule has 0 bridgehead atoms. The van der Waals surface area contributed by atoms with Crippen molar-refractivity contribution in [2.24, 2.45) is 0 Å². The van der Waals surface area contributed by atoms with Gasteiger partial charge in [0, 0.05) is 0 Å². The second-order valence-electron chi connectivity index (χ2n) is 1.98. The molecular formula is C12H21F. The number of aryl methyl sites for hydroxylation is 1. The standard InChI is InChI=1S/C8H9F.2C2H6/c1-2-7-4-3-5-8(9)6-7;2*1-2/h3-6H,2H2,1H3;2*1-2H3. The third kappa shape index (κ3) is 7.51. The van der Waals surface area contributed by atoms with Crippen molar-refractivity contribution in [1.82, 2.24) is 0 Å². The van der Waals surface area contributed by atoms with Gasteiger partial charge in [0.2, 0.25) is 0 Å². The van der Waals surface area contributed by atoms with E-state index in [1.807, 2.05) is 40.7 Å². The Kier molecular flexibility index (Phi) is 12.6. The van der Waals surface area contributed by atoms with E-state index in [0.717, 1.165) is 12.0 Å². The predicted molar refractivity (Wildman–Crippen MR) is 58.5 cm³/mol. The lowest BCUT2D eigenvalue weighted by molar-refractivity contribution is 0.625. The highest BCUT2D eigenvalue weighted by atomic mass is 19.1. The molecule has 0 amide bonds. The first-order valence-electron chi connectivity index (χ1n) is 5.07. The van der Waals surface area contributed by atoms with Gasteiger partial charge in [-0.2, -0.15) is 0 Å². The number of benzene rings is 1. The van der Waals surface area contributed by atoms with Gasteiger partial charge in [-0.3, -0.25) is 0 Å². The van der Waals surface area contributed by atoms with Crippen molar-refractivity contribution >= 4 is 0 Å². The topological polar surface area (TPSA) is 0 Å². The molecule has 1 aromatic rings. The minimum absolute atomic E-state index is 0.144. The molecule has 1 rings (SSSR count). The summed E-state index contributed by atoms with van der Waals surface area (Å²) in [7, 11) is 0. The molecule has 0 aliphatic heterocycles. The predicted octanol–water partition coefficient (Wildman–Crippen LogP) is 4.44. The van der Waals surface area contributed by atoms with Gasteiger partial charge in [-0.25, -0.2) is 4.39 Å². The van der Waals surface area contributed by atoms with E-state index in [2.05, 4.69) is 0 Å². The highest BCUT2D eigenvalue weighted by molar-refractivity contribution is 5.15. The van der Waals surface area contributed by atoms with Gasteiger partial charge in [0.1, 0.15) is 5.82 Å². The summed E-state index contributed by atoms with van der Waals surface area (Å²) in [5.74, 6) is -0.144. The number of hydrogen-bond donors (Lipinski definition) is 0. The number of hydrogen-bond acceptors (Lipinski definition) is 0. The van der Waals surface area contributed by atoms with E-state index in [0.29, 0.717) is 0 Å². The van der Waals surface area contributed by atoms with E-state index in [-0.39, 0.29) is 5.82 Å². The molecule has 0 fully saturated rings. The summed E-state index contributed by atoms with van der Waals surface area (Å²) in [5.41, 5.74) is 1.05. The summed E-state index contributed by atoms with van der Waals surface area (Å²) >= 11 is 0. The van der Waals surface area contributed by atoms with Gasteiger partial charge in [0.05, 0.1) is 0 Å². The van der Waals surface area contributed by atoms with Gasteiger partial charge in [0.15, 0.2) is 0 Å². The minimum Gasteiger partial charge on any atom is -0.207 e. The third-order valence-electron chi connectivity index (χ3n) is 1.30. The van der Waals surface area contributed by atoms with Crippen LogP contribution >= 0.6 is 0 Å². The molecule has 0 N–H and O–H groups in total. The minimum atomic E-state index is -0.144. The molecule has 0 heterocycles. The van der Waals surface area contributed by atoms with Crippen LogP contribution in [0.2, 0.25) is 0 Å². The van der Waals surface area contributed by atoms with Gasteiger partial charge in [-0.05, 0) is 24.1 Å². The molecule has 0 spiro atoms. The maximum absolute atomic E-state index is 12.4. The Bertz CT molecular complexity index is 194. The van der Waals surface area contributed by atoms with Gasteiger partial charge in [0.25, 0.3) is 0 Å². The molecule has 1 aromatic carbocycles. The van der Waals surface area contributed by atoms with Crippen molar-refractivity contribution in [3.63, 3.8) is 0 Å². The van der Waals surface area contributed by atoms with Gasteiger partial charge >= 0.3 is 0 Å². The summed E-state index contributed by atoms with van der Waals surface area (Å²) in [6.45, 7) is 10.0. The van der Waals surface area contributed by atoms with Crippen molar-refractivity contribution < 1.29 is 4.39 Å². The van der Waals surface area contributed by atoms with E-state index in [4.69, 9.17) is 0 Å². The Morgan fingerprint density at radius 2 is 1.62 bits per heavy atom. The van der Waals surface area contributed by atoms with Crippen LogP contribution < -0.4 is 0 Å². The van der Waals surface area contributed by atoms with Crippen molar-refractivity contribution in [2.45, 2.75) is 41.0 Å². The fraction of sp³-hybridized carbons (Fsp3) is 0.500. The Labute approximate surface area is 81.8 Å². The fourth-order valence-electron chi connectivity index (χ4n) is 0.757. The van der Waals surface area contributed by atoms with Crippen molar-refractivity contribution in [2.75, 3.05) is 0 Å². The highest BCUT2D eigenvalue weighted by Gasteiger charge is 1.88. The molecule has 0 saturated heterocycles. The zero-order chi connectivity index (χ0) is 10.7. The lowest BCUT2D eigenvalue weighted by Gasteiger charge is -1.92. The van der Waals surface area contributed by atoms with E-state index in [1.165, 1.54) is 6.07 Å². The average molecular weight is 184 g/mol. The van der Waals surface area contributed by atoms with Gasteiger partial charge in [-0.1, -0.05) is 46.8 Å². The first kappa shape index (κ1) is 14.7.